The van der Waals surface area contributed by atoms with Crippen molar-refractivity contribution in [3.63, 3.8) is 0 Å². The van der Waals surface area contributed by atoms with Gasteiger partial charge in [-0.25, -0.2) is 4.79 Å². The fourth-order valence-electron chi connectivity index (χ4n) is 1.71. The molecule has 1 rings (SSSR count). The monoisotopic (exact) mass is 273 g/mol. The molecule has 1 saturated heterocycles. The van der Waals surface area contributed by atoms with E-state index >= 15 is 0 Å². The van der Waals surface area contributed by atoms with Crippen molar-refractivity contribution in [2.75, 3.05) is 26.3 Å². The molecule has 1 heterocycles. The SMILES string of the molecule is CCNC(=O)CNC(=O)NC1COCC1(C)C(=O)O. The van der Waals surface area contributed by atoms with Gasteiger partial charge in [0.15, 0.2) is 0 Å². The van der Waals surface area contributed by atoms with Crippen molar-refractivity contribution in [2.45, 2.75) is 19.9 Å². The van der Waals surface area contributed by atoms with Gasteiger partial charge in [-0.05, 0) is 13.8 Å². The van der Waals surface area contributed by atoms with Gasteiger partial charge in [0.1, 0.15) is 5.41 Å². The van der Waals surface area contributed by atoms with Crippen LogP contribution in [0.15, 0.2) is 0 Å². The van der Waals surface area contributed by atoms with Gasteiger partial charge in [0.25, 0.3) is 0 Å². The molecule has 1 aliphatic heterocycles. The van der Waals surface area contributed by atoms with Gasteiger partial charge in [0.05, 0.1) is 25.8 Å². The van der Waals surface area contributed by atoms with Crippen LogP contribution in [0.4, 0.5) is 4.79 Å². The number of ether oxygens (including phenoxy) is 1. The largest absolute Gasteiger partial charge is 0.481 e. The molecule has 0 aromatic rings. The standard InChI is InChI=1S/C11H19N3O5/c1-3-12-8(15)4-13-10(18)14-7-5-19-6-11(7,2)9(16)17/h7H,3-6H2,1-2H3,(H,12,15)(H,16,17)(H2,13,14,18). The first-order valence-corrected chi connectivity index (χ1v) is 6.02. The third-order valence-corrected chi connectivity index (χ3v) is 3.03. The smallest absolute Gasteiger partial charge is 0.315 e. The van der Waals surface area contributed by atoms with Gasteiger partial charge in [-0.2, -0.15) is 0 Å². The maximum absolute atomic E-state index is 11.6. The summed E-state index contributed by atoms with van der Waals surface area (Å²) >= 11 is 0. The lowest BCUT2D eigenvalue weighted by Gasteiger charge is -2.25. The Balaban J connectivity index is 2.44. The Kier molecular flexibility index (Phi) is 5.11. The summed E-state index contributed by atoms with van der Waals surface area (Å²) in [7, 11) is 0. The molecule has 0 spiro atoms. The zero-order valence-corrected chi connectivity index (χ0v) is 11.0. The second kappa shape index (κ2) is 6.37. The molecule has 19 heavy (non-hydrogen) atoms. The Labute approximate surface area is 110 Å². The number of aliphatic carboxylic acids is 1. The number of rotatable bonds is 5. The van der Waals surface area contributed by atoms with Crippen LogP contribution in [0.1, 0.15) is 13.8 Å². The quantitative estimate of drug-likeness (QED) is 0.508. The van der Waals surface area contributed by atoms with Gasteiger partial charge in [-0.1, -0.05) is 0 Å². The number of likely N-dealkylation sites (N-methyl/N-ethyl adjacent to an activating group) is 1. The van der Waals surface area contributed by atoms with Crippen LogP contribution in [0, 0.1) is 5.41 Å². The number of carbonyl (C=O) groups is 3. The topological polar surface area (TPSA) is 117 Å². The zero-order valence-electron chi connectivity index (χ0n) is 11.0. The number of carboxylic acid groups (broad SMARTS) is 1. The molecule has 0 aliphatic carbocycles. The number of amides is 3. The summed E-state index contributed by atoms with van der Waals surface area (Å²) in [4.78, 5) is 33.9. The summed E-state index contributed by atoms with van der Waals surface area (Å²) in [5.41, 5.74) is -1.15. The normalized spacial score (nSPS) is 25.7. The van der Waals surface area contributed by atoms with Crippen LogP contribution in [-0.2, 0) is 14.3 Å². The van der Waals surface area contributed by atoms with Gasteiger partial charge >= 0.3 is 12.0 Å². The second-order valence-electron chi connectivity index (χ2n) is 4.57. The second-order valence-corrected chi connectivity index (χ2v) is 4.57. The average molecular weight is 273 g/mol. The lowest BCUT2D eigenvalue weighted by atomic mass is 9.85. The third-order valence-electron chi connectivity index (χ3n) is 3.03. The van der Waals surface area contributed by atoms with Crippen LogP contribution < -0.4 is 16.0 Å². The van der Waals surface area contributed by atoms with E-state index in [-0.39, 0.29) is 25.7 Å². The summed E-state index contributed by atoms with van der Waals surface area (Å²) in [5.74, 6) is -1.33. The number of hydrogen-bond acceptors (Lipinski definition) is 4. The van der Waals surface area contributed by atoms with E-state index in [2.05, 4.69) is 16.0 Å². The highest BCUT2D eigenvalue weighted by Gasteiger charge is 2.47. The van der Waals surface area contributed by atoms with Crippen LogP contribution in [0.2, 0.25) is 0 Å². The summed E-state index contributed by atoms with van der Waals surface area (Å²) in [6, 6.07) is -1.21. The molecular weight excluding hydrogens is 254 g/mol. The summed E-state index contributed by atoms with van der Waals surface area (Å²) in [6.45, 7) is 3.79. The molecule has 2 unspecified atom stereocenters. The number of urea groups is 1. The molecule has 2 atom stereocenters. The molecule has 3 amide bonds. The van der Waals surface area contributed by atoms with E-state index in [9.17, 15) is 14.4 Å². The van der Waals surface area contributed by atoms with Crippen molar-refractivity contribution in [1.82, 2.24) is 16.0 Å². The lowest BCUT2D eigenvalue weighted by Crippen LogP contribution is -2.53. The van der Waals surface area contributed by atoms with E-state index in [0.717, 1.165) is 0 Å². The minimum absolute atomic E-state index is 0.0452. The molecule has 4 N–H and O–H groups in total. The van der Waals surface area contributed by atoms with Gasteiger partial charge < -0.3 is 25.8 Å². The minimum atomic E-state index is -1.15. The van der Waals surface area contributed by atoms with Crippen LogP contribution in [0.3, 0.4) is 0 Å². The van der Waals surface area contributed by atoms with Gasteiger partial charge in [0.2, 0.25) is 5.91 Å². The Morgan fingerprint density at radius 2 is 2.05 bits per heavy atom. The first-order chi connectivity index (χ1) is 8.90. The number of carbonyl (C=O) groups excluding carboxylic acids is 2. The molecule has 0 radical (unpaired) electrons. The summed E-state index contributed by atoms with van der Waals surface area (Å²) in [6.07, 6.45) is 0. The predicted molar refractivity (Wildman–Crippen MR) is 65.6 cm³/mol. The zero-order chi connectivity index (χ0) is 14.5. The van der Waals surface area contributed by atoms with Crippen molar-refractivity contribution in [3.05, 3.63) is 0 Å². The number of carboxylic acids is 1. The molecular formula is C11H19N3O5. The maximum Gasteiger partial charge on any atom is 0.315 e. The van der Waals surface area contributed by atoms with Crippen LogP contribution in [-0.4, -0.2) is 55.4 Å². The van der Waals surface area contributed by atoms with E-state index in [0.29, 0.717) is 6.54 Å². The highest BCUT2D eigenvalue weighted by Crippen LogP contribution is 2.28. The molecule has 108 valence electrons. The van der Waals surface area contributed by atoms with E-state index in [1.165, 1.54) is 6.92 Å². The van der Waals surface area contributed by atoms with Crippen molar-refractivity contribution in [2.24, 2.45) is 5.41 Å². The van der Waals surface area contributed by atoms with Crippen molar-refractivity contribution >= 4 is 17.9 Å². The Hall–Kier alpha value is -1.83. The molecule has 8 heteroatoms. The average Bonchev–Trinajstić information content (AvgIpc) is 2.70. The van der Waals surface area contributed by atoms with Crippen LogP contribution in [0.25, 0.3) is 0 Å². The van der Waals surface area contributed by atoms with E-state index in [4.69, 9.17) is 9.84 Å². The van der Waals surface area contributed by atoms with E-state index in [1.54, 1.807) is 6.92 Å². The van der Waals surface area contributed by atoms with E-state index in [1.807, 2.05) is 0 Å². The summed E-state index contributed by atoms with van der Waals surface area (Å²) < 4.78 is 5.10. The summed E-state index contributed by atoms with van der Waals surface area (Å²) in [5, 5.41) is 16.5. The number of nitrogens with one attached hydrogen (secondary N) is 3. The van der Waals surface area contributed by atoms with Crippen molar-refractivity contribution < 1.29 is 24.2 Å². The highest BCUT2D eigenvalue weighted by molar-refractivity contribution is 5.84. The molecule has 0 bridgehead atoms. The third kappa shape index (κ3) is 3.82. The molecule has 1 aliphatic rings. The Morgan fingerprint density at radius 3 is 2.63 bits per heavy atom. The number of hydrogen-bond donors (Lipinski definition) is 4. The van der Waals surface area contributed by atoms with Gasteiger partial charge in [-0.15, -0.1) is 0 Å². The lowest BCUT2D eigenvalue weighted by molar-refractivity contribution is -0.148. The molecule has 0 saturated carbocycles. The maximum atomic E-state index is 11.6. The van der Waals surface area contributed by atoms with Crippen LogP contribution in [0.5, 0.6) is 0 Å². The van der Waals surface area contributed by atoms with Gasteiger partial charge in [-0.3, -0.25) is 9.59 Å². The molecule has 0 aromatic heterocycles. The Morgan fingerprint density at radius 1 is 1.37 bits per heavy atom. The molecule has 8 nitrogen and oxygen atoms in total. The molecule has 1 fully saturated rings. The highest BCUT2D eigenvalue weighted by atomic mass is 16.5. The van der Waals surface area contributed by atoms with Crippen molar-refractivity contribution in [1.29, 1.82) is 0 Å². The van der Waals surface area contributed by atoms with Gasteiger partial charge in [0, 0.05) is 6.54 Å². The Bertz CT molecular complexity index is 373. The molecule has 0 aromatic carbocycles. The van der Waals surface area contributed by atoms with Crippen LogP contribution >= 0.6 is 0 Å². The fourth-order valence-corrected chi connectivity index (χ4v) is 1.71. The fraction of sp³-hybridized carbons (Fsp3) is 0.727. The minimum Gasteiger partial charge on any atom is -0.481 e. The van der Waals surface area contributed by atoms with E-state index < -0.39 is 23.5 Å². The first-order valence-electron chi connectivity index (χ1n) is 6.02. The predicted octanol–water partition coefficient (Wildman–Crippen LogP) is -1.09. The van der Waals surface area contributed by atoms with Crippen molar-refractivity contribution in [3.8, 4) is 0 Å². The first kappa shape index (κ1) is 15.2.